The third kappa shape index (κ3) is 4.62. The molecule has 1 fully saturated rings. The molecule has 1 N–H and O–H groups in total. The lowest BCUT2D eigenvalue weighted by Gasteiger charge is -2.31. The van der Waals surface area contributed by atoms with E-state index >= 15 is 0 Å². The summed E-state index contributed by atoms with van der Waals surface area (Å²) in [4.78, 5) is 13.7. The van der Waals surface area contributed by atoms with Crippen LogP contribution in [0.1, 0.15) is 26.7 Å². The summed E-state index contributed by atoms with van der Waals surface area (Å²) < 4.78 is 5.31. The van der Waals surface area contributed by atoms with Crippen LogP contribution in [0.5, 0.6) is 0 Å². The average Bonchev–Trinajstić information content (AvgIpc) is 2.24. The zero-order chi connectivity index (χ0) is 11.1. The second-order valence-corrected chi connectivity index (χ2v) is 4.06. The monoisotopic (exact) mass is 214 g/mol. The van der Waals surface area contributed by atoms with Crippen molar-refractivity contribution >= 4 is 5.91 Å². The molecule has 0 aliphatic carbocycles. The molecule has 4 nitrogen and oxygen atoms in total. The number of piperazine rings is 1. The Labute approximate surface area is 92.0 Å². The number of hydrogen-bond acceptors (Lipinski definition) is 3. The van der Waals surface area contributed by atoms with Crippen LogP contribution >= 0.6 is 0 Å². The Balaban J connectivity index is 2.15. The highest BCUT2D eigenvalue weighted by atomic mass is 16.5. The molecule has 1 aliphatic heterocycles. The van der Waals surface area contributed by atoms with Crippen molar-refractivity contribution in [3.63, 3.8) is 0 Å². The van der Waals surface area contributed by atoms with E-state index in [9.17, 15) is 4.79 Å². The zero-order valence-electron chi connectivity index (χ0n) is 9.79. The Bertz CT molecular complexity index is 197. The molecule has 1 atom stereocenters. The number of amides is 1. The molecule has 1 amide bonds. The minimum atomic E-state index is 0.222. The van der Waals surface area contributed by atoms with Gasteiger partial charge in [0, 0.05) is 32.3 Å². The number of carbonyl (C=O) groups excluding carboxylic acids is 1. The molecule has 0 aromatic carbocycles. The van der Waals surface area contributed by atoms with Crippen molar-refractivity contribution in [2.24, 2.45) is 0 Å². The van der Waals surface area contributed by atoms with Crippen LogP contribution in [-0.2, 0) is 9.53 Å². The van der Waals surface area contributed by atoms with Crippen molar-refractivity contribution < 1.29 is 9.53 Å². The van der Waals surface area contributed by atoms with Gasteiger partial charge in [-0.1, -0.05) is 6.92 Å². The third-order valence-corrected chi connectivity index (χ3v) is 2.53. The van der Waals surface area contributed by atoms with Crippen molar-refractivity contribution in [1.29, 1.82) is 0 Å². The average molecular weight is 214 g/mol. The smallest absolute Gasteiger partial charge is 0.224 e. The van der Waals surface area contributed by atoms with E-state index in [2.05, 4.69) is 19.2 Å². The molecule has 0 radical (unpaired) electrons. The van der Waals surface area contributed by atoms with E-state index in [1.54, 1.807) is 0 Å². The fourth-order valence-corrected chi connectivity index (χ4v) is 1.72. The van der Waals surface area contributed by atoms with Crippen LogP contribution in [0.2, 0.25) is 0 Å². The van der Waals surface area contributed by atoms with Crippen molar-refractivity contribution in [2.45, 2.75) is 32.7 Å². The number of rotatable bonds is 5. The molecule has 88 valence electrons. The van der Waals surface area contributed by atoms with Gasteiger partial charge >= 0.3 is 0 Å². The van der Waals surface area contributed by atoms with Crippen molar-refractivity contribution in [3.8, 4) is 0 Å². The summed E-state index contributed by atoms with van der Waals surface area (Å²) in [5, 5.41) is 3.32. The van der Waals surface area contributed by atoms with Crippen LogP contribution < -0.4 is 5.32 Å². The van der Waals surface area contributed by atoms with Crippen LogP contribution in [0.3, 0.4) is 0 Å². The van der Waals surface area contributed by atoms with Gasteiger partial charge in [0.15, 0.2) is 0 Å². The lowest BCUT2D eigenvalue weighted by atomic mass is 10.2. The lowest BCUT2D eigenvalue weighted by Crippen LogP contribution is -2.51. The van der Waals surface area contributed by atoms with Gasteiger partial charge in [0.05, 0.1) is 13.0 Å². The molecule has 1 unspecified atom stereocenters. The second-order valence-electron chi connectivity index (χ2n) is 4.06. The molecule has 15 heavy (non-hydrogen) atoms. The van der Waals surface area contributed by atoms with Gasteiger partial charge in [-0.05, 0) is 13.3 Å². The normalized spacial score (nSPS) is 21.7. The van der Waals surface area contributed by atoms with E-state index in [0.29, 0.717) is 19.1 Å². The van der Waals surface area contributed by atoms with E-state index < -0.39 is 0 Å². The predicted octanol–water partition coefficient (Wildman–Crippen LogP) is 0.623. The van der Waals surface area contributed by atoms with Gasteiger partial charge in [0.1, 0.15) is 0 Å². The number of carbonyl (C=O) groups is 1. The SMILES string of the molecule is CCCOCCC(=O)N1CCNC(C)C1. The number of nitrogens with zero attached hydrogens (tertiary/aromatic N) is 1. The van der Waals surface area contributed by atoms with Crippen LogP contribution in [-0.4, -0.2) is 49.7 Å². The summed E-state index contributed by atoms with van der Waals surface area (Å²) >= 11 is 0. The van der Waals surface area contributed by atoms with E-state index in [1.165, 1.54) is 0 Å². The highest BCUT2D eigenvalue weighted by Gasteiger charge is 2.19. The van der Waals surface area contributed by atoms with Crippen LogP contribution in [0, 0.1) is 0 Å². The van der Waals surface area contributed by atoms with Gasteiger partial charge in [-0.15, -0.1) is 0 Å². The van der Waals surface area contributed by atoms with E-state index in [4.69, 9.17) is 4.74 Å². The first kappa shape index (κ1) is 12.5. The fourth-order valence-electron chi connectivity index (χ4n) is 1.72. The van der Waals surface area contributed by atoms with E-state index in [-0.39, 0.29) is 5.91 Å². The number of hydrogen-bond donors (Lipinski definition) is 1. The van der Waals surface area contributed by atoms with Gasteiger partial charge in [0.2, 0.25) is 5.91 Å². The maximum Gasteiger partial charge on any atom is 0.224 e. The highest BCUT2D eigenvalue weighted by molar-refractivity contribution is 5.76. The van der Waals surface area contributed by atoms with Crippen LogP contribution in [0.15, 0.2) is 0 Å². The molecule has 0 bridgehead atoms. The molecular formula is C11H22N2O2. The van der Waals surface area contributed by atoms with Crippen molar-refractivity contribution in [3.05, 3.63) is 0 Å². The Morgan fingerprint density at radius 2 is 2.33 bits per heavy atom. The highest BCUT2D eigenvalue weighted by Crippen LogP contribution is 2.01. The van der Waals surface area contributed by atoms with Gasteiger partial charge in [-0.2, -0.15) is 0 Å². The summed E-state index contributed by atoms with van der Waals surface area (Å²) in [7, 11) is 0. The fraction of sp³-hybridized carbons (Fsp3) is 0.909. The Kier molecular flexibility index (Phi) is 5.65. The largest absolute Gasteiger partial charge is 0.381 e. The van der Waals surface area contributed by atoms with Crippen LogP contribution in [0.4, 0.5) is 0 Å². The molecule has 4 heteroatoms. The van der Waals surface area contributed by atoms with Gasteiger partial charge in [0.25, 0.3) is 0 Å². The molecule has 1 saturated heterocycles. The zero-order valence-corrected chi connectivity index (χ0v) is 9.79. The standard InChI is InChI=1S/C11H22N2O2/c1-3-7-15-8-4-11(14)13-6-5-12-10(2)9-13/h10,12H,3-9H2,1-2H3. The maximum atomic E-state index is 11.7. The molecule has 0 aromatic rings. The Hall–Kier alpha value is -0.610. The molecular weight excluding hydrogens is 192 g/mol. The third-order valence-electron chi connectivity index (χ3n) is 2.53. The lowest BCUT2D eigenvalue weighted by molar-refractivity contribution is -0.133. The molecule has 0 spiro atoms. The minimum Gasteiger partial charge on any atom is -0.381 e. The molecule has 1 rings (SSSR count). The summed E-state index contributed by atoms with van der Waals surface area (Å²) in [5.74, 6) is 0.222. The Morgan fingerprint density at radius 1 is 1.53 bits per heavy atom. The quantitative estimate of drug-likeness (QED) is 0.682. The summed E-state index contributed by atoms with van der Waals surface area (Å²) in [6.45, 7) is 8.05. The minimum absolute atomic E-state index is 0.222. The maximum absolute atomic E-state index is 11.7. The predicted molar refractivity (Wildman–Crippen MR) is 59.8 cm³/mol. The first-order chi connectivity index (χ1) is 7.24. The second kappa shape index (κ2) is 6.80. The summed E-state index contributed by atoms with van der Waals surface area (Å²) in [5.41, 5.74) is 0. The first-order valence-corrected chi connectivity index (χ1v) is 5.83. The molecule has 1 heterocycles. The number of nitrogens with one attached hydrogen (secondary N) is 1. The van der Waals surface area contributed by atoms with Crippen molar-refractivity contribution in [2.75, 3.05) is 32.8 Å². The topological polar surface area (TPSA) is 41.6 Å². The van der Waals surface area contributed by atoms with Gasteiger partial charge in [-0.25, -0.2) is 0 Å². The van der Waals surface area contributed by atoms with E-state index in [1.807, 2.05) is 4.90 Å². The first-order valence-electron chi connectivity index (χ1n) is 5.83. The summed E-state index contributed by atoms with van der Waals surface area (Å²) in [6.07, 6.45) is 1.53. The van der Waals surface area contributed by atoms with Crippen molar-refractivity contribution in [1.82, 2.24) is 10.2 Å². The molecule has 1 aliphatic rings. The van der Waals surface area contributed by atoms with Crippen LogP contribution in [0.25, 0.3) is 0 Å². The number of ether oxygens (including phenoxy) is 1. The van der Waals surface area contributed by atoms with Gasteiger partial charge < -0.3 is 15.0 Å². The Morgan fingerprint density at radius 3 is 3.00 bits per heavy atom. The van der Waals surface area contributed by atoms with E-state index in [0.717, 1.165) is 32.7 Å². The van der Waals surface area contributed by atoms with Gasteiger partial charge in [-0.3, -0.25) is 4.79 Å². The summed E-state index contributed by atoms with van der Waals surface area (Å²) in [6, 6.07) is 0.416. The molecule has 0 saturated carbocycles. The molecule has 0 aromatic heterocycles.